The Bertz CT molecular complexity index is 405. The fourth-order valence-electron chi connectivity index (χ4n) is 2.66. The van der Waals surface area contributed by atoms with Crippen LogP contribution in [-0.4, -0.2) is 48.1 Å². The summed E-state index contributed by atoms with van der Waals surface area (Å²) >= 11 is 0. The van der Waals surface area contributed by atoms with Crippen molar-refractivity contribution in [3.8, 4) is 5.75 Å². The Morgan fingerprint density at radius 1 is 1.17 bits per heavy atom. The van der Waals surface area contributed by atoms with Gasteiger partial charge in [-0.1, -0.05) is 12.1 Å². The second-order valence-electron chi connectivity index (χ2n) is 5.43. The number of likely N-dealkylation sites (N-methyl/N-ethyl adjacent to an activating group) is 1. The number of hydrogen-bond donors (Lipinski definition) is 1. The highest BCUT2D eigenvalue weighted by Gasteiger charge is 2.20. The first-order chi connectivity index (χ1) is 8.58. The normalized spacial score (nSPS) is 20.6. The topological polar surface area (TPSA) is 26.7 Å². The Morgan fingerprint density at radius 3 is 2.67 bits per heavy atom. The molecule has 0 aromatic heterocycles. The van der Waals surface area contributed by atoms with E-state index in [1.54, 1.807) is 0 Å². The fraction of sp³-hybridized carbons (Fsp3) is 0.600. The molecule has 2 rings (SSSR count). The first kappa shape index (κ1) is 13.4. The van der Waals surface area contributed by atoms with E-state index in [-0.39, 0.29) is 6.04 Å². The minimum atomic E-state index is 0.289. The van der Waals surface area contributed by atoms with Crippen LogP contribution in [0.4, 0.5) is 0 Å². The lowest BCUT2D eigenvalue weighted by atomic mass is 10.0. The molecule has 1 fully saturated rings. The van der Waals surface area contributed by atoms with E-state index in [0.29, 0.717) is 5.75 Å². The van der Waals surface area contributed by atoms with E-state index in [0.717, 1.165) is 30.8 Å². The molecule has 1 atom stereocenters. The predicted octanol–water partition coefficient (Wildman–Crippen LogP) is 2.40. The standard InChI is InChI=1S/C15H24N2O/c1-12-5-6-14(15(18)11-12)13(2)17-8-4-7-16(3)9-10-17/h5-6,11,13,18H,4,7-10H2,1-3H3. The highest BCUT2D eigenvalue weighted by Crippen LogP contribution is 2.29. The van der Waals surface area contributed by atoms with Gasteiger partial charge in [-0.2, -0.15) is 0 Å². The van der Waals surface area contributed by atoms with E-state index in [1.165, 1.54) is 13.0 Å². The number of phenolic OH excluding ortho intramolecular Hbond substituents is 1. The van der Waals surface area contributed by atoms with Crippen molar-refractivity contribution in [3.63, 3.8) is 0 Å². The van der Waals surface area contributed by atoms with Gasteiger partial charge in [0, 0.05) is 31.2 Å². The molecule has 1 N–H and O–H groups in total. The molecule has 1 heterocycles. The summed E-state index contributed by atoms with van der Waals surface area (Å²) in [5.41, 5.74) is 2.16. The van der Waals surface area contributed by atoms with Crippen LogP contribution >= 0.6 is 0 Å². The van der Waals surface area contributed by atoms with Crippen molar-refractivity contribution in [1.82, 2.24) is 9.80 Å². The zero-order valence-electron chi connectivity index (χ0n) is 11.7. The maximum Gasteiger partial charge on any atom is 0.120 e. The van der Waals surface area contributed by atoms with Crippen LogP contribution in [0.15, 0.2) is 18.2 Å². The molecule has 0 aliphatic carbocycles. The van der Waals surface area contributed by atoms with Crippen molar-refractivity contribution >= 4 is 0 Å². The monoisotopic (exact) mass is 248 g/mol. The largest absolute Gasteiger partial charge is 0.508 e. The second-order valence-corrected chi connectivity index (χ2v) is 5.43. The van der Waals surface area contributed by atoms with Gasteiger partial charge >= 0.3 is 0 Å². The van der Waals surface area contributed by atoms with Gasteiger partial charge in [0.05, 0.1) is 0 Å². The summed E-state index contributed by atoms with van der Waals surface area (Å²) in [6, 6.07) is 6.28. The summed E-state index contributed by atoms with van der Waals surface area (Å²) < 4.78 is 0. The quantitative estimate of drug-likeness (QED) is 0.870. The Morgan fingerprint density at radius 2 is 1.94 bits per heavy atom. The molecule has 1 aromatic rings. The maximum atomic E-state index is 10.1. The molecule has 0 radical (unpaired) electrons. The number of rotatable bonds is 2. The molecule has 0 saturated carbocycles. The first-order valence-electron chi connectivity index (χ1n) is 6.80. The molecule has 18 heavy (non-hydrogen) atoms. The molecular weight excluding hydrogens is 224 g/mol. The second kappa shape index (κ2) is 5.72. The Balaban J connectivity index is 2.12. The molecule has 1 aliphatic heterocycles. The van der Waals surface area contributed by atoms with E-state index < -0.39 is 0 Å². The average molecular weight is 248 g/mol. The summed E-state index contributed by atoms with van der Waals surface area (Å²) in [6.45, 7) is 8.66. The summed E-state index contributed by atoms with van der Waals surface area (Å²) in [5, 5.41) is 10.1. The van der Waals surface area contributed by atoms with E-state index in [1.807, 2.05) is 13.0 Å². The third-order valence-corrected chi connectivity index (χ3v) is 3.94. The van der Waals surface area contributed by atoms with Crippen LogP contribution in [0.25, 0.3) is 0 Å². The van der Waals surface area contributed by atoms with Gasteiger partial charge in [0.15, 0.2) is 0 Å². The third kappa shape index (κ3) is 3.03. The SMILES string of the molecule is Cc1ccc(C(C)N2CCCN(C)CC2)c(O)c1. The third-order valence-electron chi connectivity index (χ3n) is 3.94. The van der Waals surface area contributed by atoms with E-state index in [9.17, 15) is 5.11 Å². The zero-order valence-corrected chi connectivity index (χ0v) is 11.7. The van der Waals surface area contributed by atoms with Crippen molar-refractivity contribution in [3.05, 3.63) is 29.3 Å². The molecule has 0 amide bonds. The minimum absolute atomic E-state index is 0.289. The summed E-state index contributed by atoms with van der Waals surface area (Å²) in [5.74, 6) is 0.431. The zero-order chi connectivity index (χ0) is 13.1. The lowest BCUT2D eigenvalue weighted by Crippen LogP contribution is -2.31. The minimum Gasteiger partial charge on any atom is -0.508 e. The first-order valence-corrected chi connectivity index (χ1v) is 6.80. The van der Waals surface area contributed by atoms with Gasteiger partial charge in [-0.05, 0) is 45.5 Å². The number of hydrogen-bond acceptors (Lipinski definition) is 3. The van der Waals surface area contributed by atoms with Gasteiger partial charge in [0.25, 0.3) is 0 Å². The maximum absolute atomic E-state index is 10.1. The van der Waals surface area contributed by atoms with Crippen molar-refractivity contribution in [2.75, 3.05) is 33.2 Å². The Hall–Kier alpha value is -1.06. The van der Waals surface area contributed by atoms with Gasteiger partial charge in [-0.25, -0.2) is 0 Å². The molecule has 1 unspecified atom stereocenters. The summed E-state index contributed by atoms with van der Waals surface area (Å²) in [7, 11) is 2.18. The van der Waals surface area contributed by atoms with E-state index in [4.69, 9.17) is 0 Å². The number of aromatic hydroxyl groups is 1. The average Bonchev–Trinajstić information content (AvgIpc) is 2.53. The van der Waals surface area contributed by atoms with Crippen LogP contribution in [0.1, 0.15) is 30.5 Å². The van der Waals surface area contributed by atoms with Crippen LogP contribution in [-0.2, 0) is 0 Å². The van der Waals surface area contributed by atoms with Crippen molar-refractivity contribution < 1.29 is 5.11 Å². The smallest absolute Gasteiger partial charge is 0.120 e. The van der Waals surface area contributed by atoms with E-state index in [2.05, 4.69) is 35.9 Å². The van der Waals surface area contributed by atoms with Crippen LogP contribution in [0.2, 0.25) is 0 Å². The van der Waals surface area contributed by atoms with Crippen LogP contribution in [0.5, 0.6) is 5.75 Å². The highest BCUT2D eigenvalue weighted by atomic mass is 16.3. The molecule has 3 nitrogen and oxygen atoms in total. The molecule has 1 aliphatic rings. The Kier molecular flexibility index (Phi) is 4.25. The molecular formula is C15H24N2O. The predicted molar refractivity (Wildman–Crippen MR) is 74.9 cm³/mol. The molecule has 1 aromatic carbocycles. The molecule has 100 valence electrons. The Labute approximate surface area is 110 Å². The van der Waals surface area contributed by atoms with Crippen LogP contribution < -0.4 is 0 Å². The van der Waals surface area contributed by atoms with Gasteiger partial charge < -0.3 is 10.0 Å². The summed E-state index contributed by atoms with van der Waals surface area (Å²) in [6.07, 6.45) is 1.20. The van der Waals surface area contributed by atoms with Crippen molar-refractivity contribution in [1.29, 1.82) is 0 Å². The number of phenols is 1. The van der Waals surface area contributed by atoms with Crippen molar-refractivity contribution in [2.24, 2.45) is 0 Å². The lowest BCUT2D eigenvalue weighted by Gasteiger charge is -2.28. The van der Waals surface area contributed by atoms with Gasteiger partial charge in [-0.3, -0.25) is 4.90 Å². The summed E-state index contributed by atoms with van der Waals surface area (Å²) in [4.78, 5) is 4.84. The molecule has 3 heteroatoms. The molecule has 1 saturated heterocycles. The van der Waals surface area contributed by atoms with Gasteiger partial charge in [0.2, 0.25) is 0 Å². The van der Waals surface area contributed by atoms with Crippen LogP contribution in [0, 0.1) is 6.92 Å². The lowest BCUT2D eigenvalue weighted by molar-refractivity contribution is 0.213. The number of aryl methyl sites for hydroxylation is 1. The van der Waals surface area contributed by atoms with Gasteiger partial charge in [-0.15, -0.1) is 0 Å². The van der Waals surface area contributed by atoms with Crippen LogP contribution in [0.3, 0.4) is 0 Å². The fourth-order valence-corrected chi connectivity index (χ4v) is 2.66. The van der Waals surface area contributed by atoms with Gasteiger partial charge in [0.1, 0.15) is 5.75 Å². The molecule has 0 spiro atoms. The van der Waals surface area contributed by atoms with Crippen molar-refractivity contribution in [2.45, 2.75) is 26.3 Å². The highest BCUT2D eigenvalue weighted by molar-refractivity contribution is 5.37. The molecule has 0 bridgehead atoms. The van der Waals surface area contributed by atoms with E-state index >= 15 is 0 Å². The number of benzene rings is 1. The number of nitrogens with zero attached hydrogens (tertiary/aromatic N) is 2.